The zero-order valence-corrected chi connectivity index (χ0v) is 14.2. The minimum atomic E-state index is -0.538. The Labute approximate surface area is 142 Å². The molecule has 2 aromatic carbocycles. The largest absolute Gasteiger partial charge is 0.496 e. The summed E-state index contributed by atoms with van der Waals surface area (Å²) in [5.41, 5.74) is 0.951. The summed E-state index contributed by atoms with van der Waals surface area (Å²) >= 11 is 3.44. The number of hydrogen-bond acceptors (Lipinski definition) is 4. The minimum Gasteiger partial charge on any atom is -0.496 e. The normalized spacial score (nSPS) is 10.2. The van der Waals surface area contributed by atoms with E-state index in [0.717, 1.165) is 10.0 Å². The van der Waals surface area contributed by atoms with Gasteiger partial charge in [-0.25, -0.2) is 0 Å². The fourth-order valence-electron chi connectivity index (χ4n) is 2.14. The number of halogens is 1. The van der Waals surface area contributed by atoms with Crippen LogP contribution in [-0.4, -0.2) is 29.9 Å². The van der Waals surface area contributed by atoms with Crippen LogP contribution in [0.5, 0.6) is 5.75 Å². The Morgan fingerprint density at radius 3 is 2.61 bits per heavy atom. The topological polar surface area (TPSA) is 72.7 Å². The van der Waals surface area contributed by atoms with Crippen LogP contribution in [0.3, 0.4) is 0 Å². The lowest BCUT2D eigenvalue weighted by Gasteiger charge is -2.19. The molecule has 0 N–H and O–H groups in total. The third-order valence-electron chi connectivity index (χ3n) is 3.34. The van der Waals surface area contributed by atoms with Crippen LogP contribution in [0.1, 0.15) is 15.9 Å². The quantitative estimate of drug-likeness (QED) is 0.587. The zero-order valence-electron chi connectivity index (χ0n) is 12.7. The summed E-state index contributed by atoms with van der Waals surface area (Å²) in [4.78, 5) is 24.5. The third kappa shape index (κ3) is 3.87. The second-order valence-corrected chi connectivity index (χ2v) is 5.75. The molecule has 0 bridgehead atoms. The number of rotatable bonds is 5. The summed E-state index contributed by atoms with van der Waals surface area (Å²) in [5, 5.41) is 10.9. The van der Waals surface area contributed by atoms with Crippen molar-refractivity contribution in [2.45, 2.75) is 6.54 Å². The van der Waals surface area contributed by atoms with E-state index in [1.54, 1.807) is 7.05 Å². The molecule has 0 saturated heterocycles. The maximum absolute atomic E-state index is 12.6. The molecule has 0 spiro atoms. The van der Waals surface area contributed by atoms with Crippen molar-refractivity contribution in [2.24, 2.45) is 0 Å². The van der Waals surface area contributed by atoms with Crippen LogP contribution in [0.15, 0.2) is 46.9 Å². The average Bonchev–Trinajstić information content (AvgIpc) is 2.55. The van der Waals surface area contributed by atoms with E-state index in [0.29, 0.717) is 12.3 Å². The number of non-ortho nitro benzene ring substituents is 1. The predicted molar refractivity (Wildman–Crippen MR) is 89.6 cm³/mol. The molecule has 0 radical (unpaired) electrons. The summed E-state index contributed by atoms with van der Waals surface area (Å²) in [6.45, 7) is 0.367. The number of carbonyl (C=O) groups excluding carboxylic acids is 1. The highest BCUT2D eigenvalue weighted by Crippen LogP contribution is 2.26. The summed E-state index contributed by atoms with van der Waals surface area (Å²) < 4.78 is 6.04. The Kier molecular flexibility index (Phi) is 5.33. The number of benzene rings is 2. The molecule has 0 saturated carbocycles. The first-order valence-corrected chi connectivity index (χ1v) is 7.54. The summed E-state index contributed by atoms with van der Waals surface area (Å²) in [6, 6.07) is 11.5. The molecule has 1 amide bonds. The number of hydrogen-bond donors (Lipinski definition) is 0. The average molecular weight is 379 g/mol. The summed E-state index contributed by atoms with van der Waals surface area (Å²) in [5.74, 6) is -0.0409. The first-order chi connectivity index (χ1) is 10.9. The highest BCUT2D eigenvalue weighted by molar-refractivity contribution is 9.10. The molecule has 0 aliphatic heterocycles. The lowest BCUT2D eigenvalue weighted by molar-refractivity contribution is -0.384. The Hall–Kier alpha value is -2.41. The lowest BCUT2D eigenvalue weighted by Crippen LogP contribution is -2.26. The fourth-order valence-corrected chi connectivity index (χ4v) is 2.55. The molecule has 120 valence electrons. The Morgan fingerprint density at radius 2 is 2.00 bits per heavy atom. The molecule has 0 unspecified atom stereocenters. The standard InChI is InChI=1S/C16H15BrN2O4/c1-18(10-11-5-3-4-6-14(11)17)16(20)13-9-12(19(21)22)7-8-15(13)23-2/h3-9H,10H2,1-2H3. The molecule has 0 aliphatic rings. The van der Waals surface area contributed by atoms with Crippen molar-refractivity contribution >= 4 is 27.5 Å². The minimum absolute atomic E-state index is 0.150. The Balaban J connectivity index is 2.30. The van der Waals surface area contributed by atoms with E-state index in [-0.39, 0.29) is 17.2 Å². The molecule has 7 heteroatoms. The van der Waals surface area contributed by atoms with Gasteiger partial charge in [0, 0.05) is 30.2 Å². The molecule has 0 aliphatic carbocycles. The number of nitrogens with zero attached hydrogens (tertiary/aromatic N) is 2. The smallest absolute Gasteiger partial charge is 0.270 e. The highest BCUT2D eigenvalue weighted by atomic mass is 79.9. The van der Waals surface area contributed by atoms with E-state index in [1.807, 2.05) is 24.3 Å². The van der Waals surface area contributed by atoms with Gasteiger partial charge in [0.05, 0.1) is 17.6 Å². The van der Waals surface area contributed by atoms with Crippen LogP contribution in [0, 0.1) is 10.1 Å². The molecule has 2 aromatic rings. The molecule has 0 heterocycles. The van der Waals surface area contributed by atoms with Crippen molar-refractivity contribution < 1.29 is 14.5 Å². The number of amides is 1. The van der Waals surface area contributed by atoms with Gasteiger partial charge >= 0.3 is 0 Å². The lowest BCUT2D eigenvalue weighted by atomic mass is 10.1. The van der Waals surface area contributed by atoms with Crippen molar-refractivity contribution in [3.8, 4) is 5.75 Å². The van der Waals surface area contributed by atoms with Gasteiger partial charge < -0.3 is 9.64 Å². The third-order valence-corrected chi connectivity index (χ3v) is 4.11. The van der Waals surface area contributed by atoms with Gasteiger partial charge in [-0.15, -0.1) is 0 Å². The van der Waals surface area contributed by atoms with E-state index in [4.69, 9.17) is 4.74 Å². The number of nitro benzene ring substituents is 1. The maximum atomic E-state index is 12.6. The molecule has 0 atom stereocenters. The van der Waals surface area contributed by atoms with E-state index in [1.165, 1.54) is 30.2 Å². The van der Waals surface area contributed by atoms with Gasteiger partial charge in [0.2, 0.25) is 0 Å². The van der Waals surface area contributed by atoms with Crippen LogP contribution in [0.2, 0.25) is 0 Å². The number of nitro groups is 1. The Morgan fingerprint density at radius 1 is 1.30 bits per heavy atom. The van der Waals surface area contributed by atoms with Crippen molar-refractivity contribution in [1.82, 2.24) is 4.90 Å². The molecule has 23 heavy (non-hydrogen) atoms. The second-order valence-electron chi connectivity index (χ2n) is 4.89. The van der Waals surface area contributed by atoms with Crippen LogP contribution < -0.4 is 4.74 Å². The van der Waals surface area contributed by atoms with Crippen LogP contribution >= 0.6 is 15.9 Å². The van der Waals surface area contributed by atoms with E-state index in [9.17, 15) is 14.9 Å². The van der Waals surface area contributed by atoms with E-state index >= 15 is 0 Å². The molecule has 0 aromatic heterocycles. The van der Waals surface area contributed by atoms with Crippen LogP contribution in [0.4, 0.5) is 5.69 Å². The van der Waals surface area contributed by atoms with Gasteiger partial charge in [-0.05, 0) is 17.7 Å². The van der Waals surface area contributed by atoms with Crippen LogP contribution in [-0.2, 0) is 6.54 Å². The zero-order chi connectivity index (χ0) is 17.0. The van der Waals surface area contributed by atoms with E-state index in [2.05, 4.69) is 15.9 Å². The number of carbonyl (C=O) groups is 1. The van der Waals surface area contributed by atoms with Gasteiger partial charge in [-0.1, -0.05) is 34.1 Å². The predicted octanol–water partition coefficient (Wildman–Crippen LogP) is 3.64. The van der Waals surface area contributed by atoms with Crippen molar-refractivity contribution in [3.05, 3.63) is 68.2 Å². The monoisotopic (exact) mass is 378 g/mol. The van der Waals surface area contributed by atoms with Gasteiger partial charge in [-0.3, -0.25) is 14.9 Å². The highest BCUT2D eigenvalue weighted by Gasteiger charge is 2.21. The van der Waals surface area contributed by atoms with Gasteiger partial charge in [-0.2, -0.15) is 0 Å². The summed E-state index contributed by atoms with van der Waals surface area (Å²) in [6.07, 6.45) is 0. The first-order valence-electron chi connectivity index (χ1n) is 6.75. The van der Waals surface area contributed by atoms with Gasteiger partial charge in [0.1, 0.15) is 5.75 Å². The Bertz CT molecular complexity index is 749. The molecule has 0 fully saturated rings. The van der Waals surface area contributed by atoms with Crippen molar-refractivity contribution in [3.63, 3.8) is 0 Å². The second kappa shape index (κ2) is 7.23. The van der Waals surface area contributed by atoms with Crippen LogP contribution in [0.25, 0.3) is 0 Å². The van der Waals surface area contributed by atoms with Gasteiger partial charge in [0.25, 0.3) is 11.6 Å². The SMILES string of the molecule is COc1ccc([N+](=O)[O-])cc1C(=O)N(C)Cc1ccccc1Br. The number of ether oxygens (including phenoxy) is 1. The van der Waals surface area contributed by atoms with Crippen molar-refractivity contribution in [2.75, 3.05) is 14.2 Å². The fraction of sp³-hybridized carbons (Fsp3) is 0.188. The van der Waals surface area contributed by atoms with Crippen molar-refractivity contribution in [1.29, 1.82) is 0 Å². The van der Waals surface area contributed by atoms with E-state index < -0.39 is 4.92 Å². The van der Waals surface area contributed by atoms with Gasteiger partial charge in [0.15, 0.2) is 0 Å². The summed E-state index contributed by atoms with van der Waals surface area (Å²) in [7, 11) is 3.06. The molecule has 6 nitrogen and oxygen atoms in total. The molecular formula is C16H15BrN2O4. The maximum Gasteiger partial charge on any atom is 0.270 e. The molecular weight excluding hydrogens is 364 g/mol. The first kappa shape index (κ1) is 17.0. The molecule has 2 rings (SSSR count). The number of methoxy groups -OCH3 is 1.